The number of benzene rings is 3. The molecule has 3 aromatic rings. The van der Waals surface area contributed by atoms with E-state index in [0.29, 0.717) is 18.4 Å². The molecule has 5 nitrogen and oxygen atoms in total. The zero-order valence-corrected chi connectivity index (χ0v) is 29.7. The Hall–Kier alpha value is -1.46. The van der Waals surface area contributed by atoms with Crippen molar-refractivity contribution in [2.45, 2.75) is 49.7 Å². The third-order valence-corrected chi connectivity index (χ3v) is 12.0. The number of nitrogens with one attached hydrogen (secondary N) is 2. The molecule has 1 aliphatic heterocycles. The summed E-state index contributed by atoms with van der Waals surface area (Å²) in [5, 5.41) is 5.42. The van der Waals surface area contributed by atoms with E-state index in [1.165, 1.54) is 0 Å². The monoisotopic (exact) mass is 927 g/mol. The van der Waals surface area contributed by atoms with E-state index in [1.54, 1.807) is 0 Å². The van der Waals surface area contributed by atoms with E-state index in [0.717, 1.165) is 71.9 Å². The first-order chi connectivity index (χ1) is 20.5. The predicted octanol–water partition coefficient (Wildman–Crippen LogP) is 7.51. The molecule has 0 aromatic heterocycles. The molecule has 2 amide bonds. The number of carbonyl (C=O) groups is 2. The van der Waals surface area contributed by atoms with Gasteiger partial charge in [0.15, 0.2) is 0 Å². The Morgan fingerprint density at radius 1 is 0.907 bits per heavy atom. The highest BCUT2D eigenvalue weighted by Crippen LogP contribution is 2.51. The number of piperidine rings is 1. The maximum absolute atomic E-state index is 13.7. The number of hydrogen-bond acceptors (Lipinski definition) is 3. The maximum atomic E-state index is 13.7. The van der Waals surface area contributed by atoms with Crippen LogP contribution in [0.25, 0.3) is 11.1 Å². The molecule has 1 saturated heterocycles. The molecule has 2 N–H and O–H groups in total. The van der Waals surface area contributed by atoms with Gasteiger partial charge in [0.05, 0.1) is 5.56 Å². The lowest BCUT2D eigenvalue weighted by molar-refractivity contribution is -0.141. The summed E-state index contributed by atoms with van der Waals surface area (Å²) in [5.41, 5.74) is 2.88. The molecule has 1 heterocycles. The highest BCUT2D eigenvalue weighted by molar-refractivity contribution is 14.1. The summed E-state index contributed by atoms with van der Waals surface area (Å²) < 4.78 is 42.4. The largest absolute Gasteiger partial charge is 0.405 e. The van der Waals surface area contributed by atoms with Crippen molar-refractivity contribution in [2.75, 3.05) is 26.2 Å². The van der Waals surface area contributed by atoms with Gasteiger partial charge in [-0.3, -0.25) is 9.59 Å². The Bertz CT molecular complexity index is 1460. The molecule has 43 heavy (non-hydrogen) atoms. The second kappa shape index (κ2) is 13.9. The normalized spacial score (nSPS) is 16.4. The van der Waals surface area contributed by atoms with E-state index in [4.69, 9.17) is 0 Å². The molecule has 0 atom stereocenters. The van der Waals surface area contributed by atoms with Crippen molar-refractivity contribution >= 4 is 79.6 Å². The molecule has 228 valence electrons. The number of unbranched alkanes of at least 4 members (excludes halogenated alkanes) is 1. The molecule has 5 rings (SSSR count). The van der Waals surface area contributed by atoms with E-state index < -0.39 is 24.0 Å². The summed E-state index contributed by atoms with van der Waals surface area (Å²) in [6.45, 7) is 1.19. The number of halogens is 6. The van der Waals surface area contributed by atoms with Gasteiger partial charge in [-0.05, 0) is 134 Å². The van der Waals surface area contributed by atoms with Gasteiger partial charge in [-0.25, -0.2) is 0 Å². The van der Waals surface area contributed by atoms with Crippen molar-refractivity contribution in [2.24, 2.45) is 0 Å². The number of fused-ring (bicyclic) bond motifs is 3. The topological polar surface area (TPSA) is 61.4 Å². The van der Waals surface area contributed by atoms with Crippen LogP contribution in [0.4, 0.5) is 13.2 Å². The molecule has 1 aliphatic carbocycles. The fraction of sp³-hybridized carbons (Fsp3) is 0.375. The predicted molar refractivity (Wildman–Crippen MR) is 187 cm³/mol. The lowest BCUT2D eigenvalue weighted by Crippen LogP contribution is -2.47. The maximum Gasteiger partial charge on any atom is 0.405 e. The van der Waals surface area contributed by atoms with Crippen LogP contribution in [0, 0.1) is 10.7 Å². The number of hydrogen-bond donors (Lipinski definition) is 2. The number of carbonyl (C=O) groups excluding carboxylic acids is 2. The Kier molecular flexibility index (Phi) is 10.6. The van der Waals surface area contributed by atoms with Crippen LogP contribution in [0.2, 0.25) is 0 Å². The van der Waals surface area contributed by atoms with Crippen LogP contribution in [0.3, 0.4) is 0 Å². The zero-order chi connectivity index (χ0) is 30.8. The van der Waals surface area contributed by atoms with Crippen LogP contribution in [-0.2, 0) is 10.2 Å². The summed E-state index contributed by atoms with van der Waals surface area (Å²) in [5.74, 6) is -0.637. The SMILES string of the molecule is O=C(NC1CCN(CCCCC2(C(=O)NCC(F)(F)F)c3ccccc3-c3ccccc32)CC1)c1cc(I)cc(I)c1I. The molecule has 1 fully saturated rings. The number of rotatable bonds is 9. The molecule has 0 bridgehead atoms. The van der Waals surface area contributed by atoms with Crippen molar-refractivity contribution in [3.05, 3.63) is 88.1 Å². The second-order valence-corrected chi connectivity index (χ2v) is 14.6. The van der Waals surface area contributed by atoms with Crippen molar-refractivity contribution in [1.82, 2.24) is 15.5 Å². The first-order valence-electron chi connectivity index (χ1n) is 14.2. The Morgan fingerprint density at radius 2 is 1.51 bits per heavy atom. The van der Waals surface area contributed by atoms with Crippen molar-refractivity contribution < 1.29 is 22.8 Å². The first-order valence-corrected chi connectivity index (χ1v) is 17.5. The molecule has 3 aromatic carbocycles. The number of likely N-dealkylation sites (tertiary alicyclic amines) is 1. The van der Waals surface area contributed by atoms with Crippen LogP contribution in [0.1, 0.15) is 53.6 Å². The minimum atomic E-state index is -4.49. The first kappa shape index (κ1) is 32.9. The quantitative estimate of drug-likeness (QED) is 0.133. The van der Waals surface area contributed by atoms with Gasteiger partial charge in [0.2, 0.25) is 5.91 Å². The Balaban J connectivity index is 1.20. The van der Waals surface area contributed by atoms with E-state index in [-0.39, 0.29) is 11.9 Å². The van der Waals surface area contributed by atoms with Gasteiger partial charge in [-0.1, -0.05) is 55.0 Å². The average Bonchev–Trinajstić information content (AvgIpc) is 3.27. The standard InChI is InChI=1S/C32H31F3I3N3O2/c33-32(34,35)19-39-30(43)31(25-9-3-1-7-22(25)23-8-2-4-10-26(23)31)13-5-6-14-41-15-11-21(12-16-41)40-29(42)24-17-20(36)18-27(37)28(24)38/h1-4,7-10,17-18,21H,5-6,11-16,19H2,(H,39,43)(H,40,42). The van der Waals surface area contributed by atoms with Crippen molar-refractivity contribution in [1.29, 1.82) is 0 Å². The average molecular weight is 927 g/mol. The smallest absolute Gasteiger partial charge is 0.349 e. The number of alkyl halides is 3. The summed E-state index contributed by atoms with van der Waals surface area (Å²) >= 11 is 6.71. The highest BCUT2D eigenvalue weighted by Gasteiger charge is 2.49. The molecule has 0 spiro atoms. The van der Waals surface area contributed by atoms with Crippen molar-refractivity contribution in [3.63, 3.8) is 0 Å². The molecule has 0 unspecified atom stereocenters. The fourth-order valence-corrected chi connectivity index (χ4v) is 8.70. The molecule has 11 heteroatoms. The fourth-order valence-electron chi connectivity index (χ4n) is 6.30. The Labute approximate surface area is 290 Å². The molecule has 2 aliphatic rings. The third kappa shape index (κ3) is 7.35. The van der Waals surface area contributed by atoms with Crippen LogP contribution in [0.5, 0.6) is 0 Å². The van der Waals surface area contributed by atoms with Gasteiger partial charge < -0.3 is 15.5 Å². The van der Waals surface area contributed by atoms with Crippen LogP contribution in [0.15, 0.2) is 60.7 Å². The van der Waals surface area contributed by atoms with E-state index in [9.17, 15) is 22.8 Å². The highest BCUT2D eigenvalue weighted by atomic mass is 127. The lowest BCUT2D eigenvalue weighted by atomic mass is 9.73. The minimum Gasteiger partial charge on any atom is -0.349 e. The Morgan fingerprint density at radius 3 is 2.12 bits per heavy atom. The van der Waals surface area contributed by atoms with Gasteiger partial charge in [0.25, 0.3) is 5.91 Å². The number of amides is 2. The van der Waals surface area contributed by atoms with Crippen LogP contribution < -0.4 is 10.6 Å². The van der Waals surface area contributed by atoms with E-state index in [1.807, 2.05) is 54.6 Å². The van der Waals surface area contributed by atoms with Gasteiger partial charge in [0.1, 0.15) is 12.0 Å². The molecular formula is C32H31F3I3N3O2. The minimum absolute atomic E-state index is 0.0366. The molecular weight excluding hydrogens is 896 g/mol. The third-order valence-electron chi connectivity index (χ3n) is 8.34. The second-order valence-electron chi connectivity index (χ2n) is 11.1. The number of nitrogens with zero attached hydrogens (tertiary/aromatic N) is 1. The van der Waals surface area contributed by atoms with Crippen LogP contribution >= 0.6 is 67.8 Å². The molecule has 0 radical (unpaired) electrons. The summed E-state index contributed by atoms with van der Waals surface area (Å²) in [6, 6.07) is 19.2. The van der Waals surface area contributed by atoms with Crippen molar-refractivity contribution in [3.8, 4) is 11.1 Å². The summed E-state index contributed by atoms with van der Waals surface area (Å²) in [6.07, 6.45) is -0.861. The van der Waals surface area contributed by atoms with Gasteiger partial charge in [0, 0.05) is 29.8 Å². The summed E-state index contributed by atoms with van der Waals surface area (Å²) in [4.78, 5) is 29.0. The van der Waals surface area contributed by atoms with E-state index >= 15 is 0 Å². The van der Waals surface area contributed by atoms with Gasteiger partial charge >= 0.3 is 6.18 Å². The summed E-state index contributed by atoms with van der Waals surface area (Å²) in [7, 11) is 0. The van der Waals surface area contributed by atoms with Gasteiger partial charge in [-0.15, -0.1) is 0 Å². The van der Waals surface area contributed by atoms with E-state index in [2.05, 4.69) is 89.4 Å². The van der Waals surface area contributed by atoms with Crippen LogP contribution in [-0.4, -0.2) is 55.1 Å². The van der Waals surface area contributed by atoms with Gasteiger partial charge in [-0.2, -0.15) is 13.2 Å². The zero-order valence-electron chi connectivity index (χ0n) is 23.2. The molecule has 0 saturated carbocycles. The lowest BCUT2D eigenvalue weighted by Gasteiger charge is -2.33.